The summed E-state index contributed by atoms with van der Waals surface area (Å²) in [4.78, 5) is 19.6. The molecule has 7 nitrogen and oxygen atoms in total. The van der Waals surface area contributed by atoms with Crippen molar-refractivity contribution in [1.82, 2.24) is 18.8 Å². The van der Waals surface area contributed by atoms with Crippen molar-refractivity contribution in [2.75, 3.05) is 19.6 Å². The van der Waals surface area contributed by atoms with E-state index in [1.54, 1.807) is 29.3 Å². The molecule has 0 unspecified atom stereocenters. The zero-order valence-electron chi connectivity index (χ0n) is 20.1. The van der Waals surface area contributed by atoms with Gasteiger partial charge in [0.2, 0.25) is 15.9 Å². The lowest BCUT2D eigenvalue weighted by Gasteiger charge is -2.29. The van der Waals surface area contributed by atoms with Crippen molar-refractivity contribution < 1.29 is 13.2 Å². The highest BCUT2D eigenvalue weighted by atomic mass is 32.2. The minimum Gasteiger partial charge on any atom is -0.353 e. The van der Waals surface area contributed by atoms with Crippen LogP contribution in [0.1, 0.15) is 33.4 Å². The molecular weight excluding hydrogens is 436 g/mol. The lowest BCUT2D eigenvalue weighted by atomic mass is 10.2. The molecule has 0 aliphatic rings. The van der Waals surface area contributed by atoms with Crippen LogP contribution >= 0.6 is 0 Å². The van der Waals surface area contributed by atoms with E-state index in [0.717, 1.165) is 11.1 Å². The van der Waals surface area contributed by atoms with Crippen LogP contribution in [0.2, 0.25) is 0 Å². The second-order valence-corrected chi connectivity index (χ2v) is 11.2. The molecule has 0 radical (unpaired) electrons. The average Bonchev–Trinajstić information content (AvgIpc) is 3.16. The van der Waals surface area contributed by atoms with Crippen LogP contribution < -0.4 is 0 Å². The van der Waals surface area contributed by atoms with Gasteiger partial charge in [-0.3, -0.25) is 9.78 Å². The van der Waals surface area contributed by atoms with Gasteiger partial charge < -0.3 is 9.47 Å². The van der Waals surface area contributed by atoms with Crippen molar-refractivity contribution in [3.05, 3.63) is 60.6 Å². The van der Waals surface area contributed by atoms with E-state index in [0.29, 0.717) is 18.6 Å². The van der Waals surface area contributed by atoms with E-state index in [-0.39, 0.29) is 35.7 Å². The summed E-state index contributed by atoms with van der Waals surface area (Å²) in [5, 5.41) is 0.750. The number of sulfonamides is 1. The molecule has 0 aliphatic heterocycles. The number of hydrogen-bond acceptors (Lipinski definition) is 4. The van der Waals surface area contributed by atoms with Crippen molar-refractivity contribution in [2.45, 2.75) is 39.1 Å². The number of carbonyl (C=O) groups excluding carboxylic acids is 1. The van der Waals surface area contributed by atoms with Crippen molar-refractivity contribution in [1.29, 1.82) is 0 Å². The van der Waals surface area contributed by atoms with Crippen molar-refractivity contribution in [2.24, 2.45) is 18.9 Å². The molecule has 178 valence electrons. The van der Waals surface area contributed by atoms with Gasteiger partial charge in [-0.15, -0.1) is 0 Å². The Balaban J connectivity index is 1.94. The predicted molar refractivity (Wildman–Crippen MR) is 131 cm³/mol. The van der Waals surface area contributed by atoms with E-state index in [4.69, 9.17) is 0 Å². The summed E-state index contributed by atoms with van der Waals surface area (Å²) in [5.74, 6) is 0.107. The monoisotopic (exact) mass is 470 g/mol. The Morgan fingerprint density at radius 2 is 1.70 bits per heavy atom. The minimum absolute atomic E-state index is 0.0573. The van der Waals surface area contributed by atoms with Gasteiger partial charge in [0, 0.05) is 43.6 Å². The van der Waals surface area contributed by atoms with Crippen molar-refractivity contribution in [3.63, 3.8) is 0 Å². The summed E-state index contributed by atoms with van der Waals surface area (Å²) >= 11 is 0. The topological polar surface area (TPSA) is 75.5 Å². The van der Waals surface area contributed by atoms with Gasteiger partial charge in [-0.2, -0.15) is 4.31 Å². The maximum atomic E-state index is 13.7. The Kier molecular flexibility index (Phi) is 7.92. The van der Waals surface area contributed by atoms with Crippen LogP contribution in [0.15, 0.2) is 59.8 Å². The first-order chi connectivity index (χ1) is 15.6. The Morgan fingerprint density at radius 3 is 2.33 bits per heavy atom. The number of para-hydroxylation sites is 1. The second-order valence-electron chi connectivity index (χ2n) is 9.30. The van der Waals surface area contributed by atoms with Gasteiger partial charge in [0.25, 0.3) is 0 Å². The normalized spacial score (nSPS) is 12.2. The second kappa shape index (κ2) is 10.5. The van der Waals surface area contributed by atoms with Crippen LogP contribution in [0.4, 0.5) is 0 Å². The molecule has 33 heavy (non-hydrogen) atoms. The molecule has 2 aromatic heterocycles. The molecule has 3 aromatic rings. The molecule has 0 saturated carbocycles. The van der Waals surface area contributed by atoms with Crippen LogP contribution in [0.25, 0.3) is 10.9 Å². The third-order valence-electron chi connectivity index (χ3n) is 5.44. The number of benzene rings is 1. The molecule has 0 N–H and O–H groups in total. The number of nitrogens with zero attached hydrogens (tertiary/aromatic N) is 4. The van der Waals surface area contributed by atoms with Crippen LogP contribution in [0.5, 0.6) is 0 Å². The fourth-order valence-electron chi connectivity index (χ4n) is 3.88. The Hall–Kier alpha value is -2.71. The molecular formula is C25H34N4O3S. The van der Waals surface area contributed by atoms with Crippen LogP contribution in [-0.4, -0.2) is 52.7 Å². The van der Waals surface area contributed by atoms with E-state index in [2.05, 4.69) is 18.8 Å². The molecule has 0 saturated heterocycles. The fourth-order valence-corrected chi connectivity index (χ4v) is 5.60. The number of fused-ring (bicyclic) bond motifs is 1. The van der Waals surface area contributed by atoms with Gasteiger partial charge >= 0.3 is 0 Å². The van der Waals surface area contributed by atoms with Gasteiger partial charge in [-0.25, -0.2) is 8.42 Å². The molecule has 0 bridgehead atoms. The Bertz CT molecular complexity index is 1200. The lowest BCUT2D eigenvalue weighted by Crippen LogP contribution is -2.45. The molecule has 0 atom stereocenters. The molecule has 2 heterocycles. The number of carbonyl (C=O) groups is 1. The fraction of sp³-hybridized carbons (Fsp3) is 0.440. The molecule has 1 amide bonds. The lowest BCUT2D eigenvalue weighted by molar-refractivity contribution is -0.132. The van der Waals surface area contributed by atoms with Gasteiger partial charge in [-0.1, -0.05) is 45.9 Å². The summed E-state index contributed by atoms with van der Waals surface area (Å²) in [6, 6.07) is 12.7. The first-order valence-corrected chi connectivity index (χ1v) is 12.8. The Labute approximate surface area is 197 Å². The third kappa shape index (κ3) is 6.00. The summed E-state index contributed by atoms with van der Waals surface area (Å²) < 4.78 is 30.8. The Morgan fingerprint density at radius 1 is 1.00 bits per heavy atom. The molecule has 0 spiro atoms. The molecule has 1 aromatic carbocycles. The van der Waals surface area contributed by atoms with Gasteiger partial charge in [-0.05, 0) is 36.1 Å². The number of rotatable bonds is 10. The van der Waals surface area contributed by atoms with Crippen LogP contribution in [0.3, 0.4) is 0 Å². The standard InChI is InChI=1S/C25H34N4O3S/c1-19(2)15-28(17-22-11-8-14-27(22)5)24(30)18-29(16-20(3)4)33(31,32)23-12-6-9-21-10-7-13-26-25(21)23/h6-14,19-20H,15-18H2,1-5H3. The smallest absolute Gasteiger partial charge is 0.245 e. The zero-order chi connectivity index (χ0) is 24.2. The molecule has 8 heteroatoms. The highest BCUT2D eigenvalue weighted by Gasteiger charge is 2.31. The minimum atomic E-state index is -3.93. The number of aromatic nitrogens is 2. The van der Waals surface area contributed by atoms with E-state index >= 15 is 0 Å². The van der Waals surface area contributed by atoms with Crippen molar-refractivity contribution >= 4 is 26.8 Å². The van der Waals surface area contributed by atoms with Crippen LogP contribution in [-0.2, 0) is 28.4 Å². The third-order valence-corrected chi connectivity index (χ3v) is 7.28. The maximum absolute atomic E-state index is 13.7. The molecule has 3 rings (SSSR count). The van der Waals surface area contributed by atoms with E-state index in [1.807, 2.05) is 55.9 Å². The van der Waals surface area contributed by atoms with E-state index < -0.39 is 10.0 Å². The first kappa shape index (κ1) is 24.9. The number of amides is 1. The summed E-state index contributed by atoms with van der Waals surface area (Å²) in [7, 11) is -1.99. The SMILES string of the molecule is CC(C)CN(Cc1cccn1C)C(=O)CN(CC(C)C)S(=O)(=O)c1cccc2cccnc12. The highest BCUT2D eigenvalue weighted by Crippen LogP contribution is 2.25. The summed E-state index contributed by atoms with van der Waals surface area (Å²) in [6.45, 7) is 9.03. The predicted octanol–water partition coefficient (Wildman–Crippen LogP) is 3.90. The zero-order valence-corrected chi connectivity index (χ0v) is 20.9. The number of aryl methyl sites for hydroxylation is 1. The van der Waals surface area contributed by atoms with E-state index in [1.165, 1.54) is 4.31 Å². The highest BCUT2D eigenvalue weighted by molar-refractivity contribution is 7.89. The van der Waals surface area contributed by atoms with Gasteiger partial charge in [0.05, 0.1) is 18.6 Å². The first-order valence-electron chi connectivity index (χ1n) is 11.3. The molecule has 0 fully saturated rings. The van der Waals surface area contributed by atoms with Gasteiger partial charge in [0.15, 0.2) is 0 Å². The summed E-state index contributed by atoms with van der Waals surface area (Å²) in [5.41, 5.74) is 1.42. The average molecular weight is 471 g/mol. The van der Waals surface area contributed by atoms with Crippen molar-refractivity contribution in [3.8, 4) is 0 Å². The van der Waals surface area contributed by atoms with Crippen LogP contribution in [0, 0.1) is 11.8 Å². The van der Waals surface area contributed by atoms with Gasteiger partial charge in [0.1, 0.15) is 4.90 Å². The maximum Gasteiger partial charge on any atom is 0.245 e. The number of pyridine rings is 1. The quantitative estimate of drug-likeness (QED) is 0.450. The summed E-state index contributed by atoms with van der Waals surface area (Å²) in [6.07, 6.45) is 3.53. The number of hydrogen-bond donors (Lipinski definition) is 0. The van der Waals surface area contributed by atoms with E-state index in [9.17, 15) is 13.2 Å². The largest absolute Gasteiger partial charge is 0.353 e. The molecule has 0 aliphatic carbocycles.